The maximum absolute atomic E-state index is 9.26. The molecule has 3 nitrogen and oxygen atoms in total. The lowest BCUT2D eigenvalue weighted by Crippen LogP contribution is -2.04. The summed E-state index contributed by atoms with van der Waals surface area (Å²) >= 11 is 5.85. The third-order valence-electron chi connectivity index (χ3n) is 3.16. The number of methoxy groups -OCH3 is 1. The van der Waals surface area contributed by atoms with Crippen LogP contribution < -0.4 is 9.47 Å². The number of hydrogen-bond acceptors (Lipinski definition) is 3. The summed E-state index contributed by atoms with van der Waals surface area (Å²) in [6, 6.07) is 17.0. The first-order valence-corrected chi connectivity index (χ1v) is 7.02. The van der Waals surface area contributed by atoms with E-state index in [4.69, 9.17) is 21.1 Å². The average molecular weight is 302 g/mol. The molecule has 1 atom stereocenters. The highest BCUT2D eigenvalue weighted by Gasteiger charge is 2.10. The Morgan fingerprint density at radius 3 is 2.24 bits per heavy atom. The van der Waals surface area contributed by atoms with Crippen molar-refractivity contribution < 1.29 is 9.47 Å². The second-order valence-corrected chi connectivity index (χ2v) is 4.98. The van der Waals surface area contributed by atoms with Crippen molar-refractivity contribution in [1.29, 1.82) is 5.26 Å². The van der Waals surface area contributed by atoms with Crippen LogP contribution in [0.3, 0.4) is 0 Å². The number of halogens is 1. The molecule has 0 amide bonds. The van der Waals surface area contributed by atoms with Gasteiger partial charge in [-0.25, -0.2) is 0 Å². The number of benzene rings is 2. The Labute approximate surface area is 129 Å². The molecule has 0 aliphatic rings. The topological polar surface area (TPSA) is 42.2 Å². The fraction of sp³-hybridized carbons (Fsp3) is 0.235. The van der Waals surface area contributed by atoms with Gasteiger partial charge < -0.3 is 9.47 Å². The van der Waals surface area contributed by atoms with Crippen LogP contribution in [0.5, 0.6) is 11.5 Å². The summed E-state index contributed by atoms with van der Waals surface area (Å²) < 4.78 is 10.7. The zero-order chi connectivity index (χ0) is 15.1. The van der Waals surface area contributed by atoms with Gasteiger partial charge in [0.05, 0.1) is 25.7 Å². The van der Waals surface area contributed by atoms with Gasteiger partial charge in [-0.15, -0.1) is 0 Å². The second kappa shape index (κ2) is 7.56. The summed E-state index contributed by atoms with van der Waals surface area (Å²) in [4.78, 5) is 0. The van der Waals surface area contributed by atoms with Crippen LogP contribution in [0.4, 0.5) is 0 Å². The second-order valence-electron chi connectivity index (χ2n) is 4.55. The summed E-state index contributed by atoms with van der Waals surface area (Å²) in [7, 11) is 1.62. The first-order chi connectivity index (χ1) is 10.2. The molecule has 2 aromatic carbocycles. The van der Waals surface area contributed by atoms with Crippen molar-refractivity contribution in [3.8, 4) is 17.6 Å². The van der Waals surface area contributed by atoms with Gasteiger partial charge in [-0.3, -0.25) is 0 Å². The quantitative estimate of drug-likeness (QED) is 0.793. The molecule has 108 valence electrons. The molecule has 0 aliphatic carbocycles. The first kappa shape index (κ1) is 15.2. The van der Waals surface area contributed by atoms with Gasteiger partial charge in [-0.2, -0.15) is 5.26 Å². The molecule has 0 heterocycles. The van der Waals surface area contributed by atoms with E-state index in [1.807, 2.05) is 36.4 Å². The van der Waals surface area contributed by atoms with Crippen LogP contribution in [0.25, 0.3) is 0 Å². The predicted molar refractivity (Wildman–Crippen MR) is 82.9 cm³/mol. The average Bonchev–Trinajstić information content (AvgIpc) is 2.53. The van der Waals surface area contributed by atoms with Gasteiger partial charge >= 0.3 is 0 Å². The van der Waals surface area contributed by atoms with Gasteiger partial charge in [0.2, 0.25) is 0 Å². The number of nitriles is 1. The zero-order valence-corrected chi connectivity index (χ0v) is 12.5. The van der Waals surface area contributed by atoms with Crippen molar-refractivity contribution in [1.82, 2.24) is 0 Å². The third-order valence-corrected chi connectivity index (χ3v) is 3.41. The van der Waals surface area contributed by atoms with E-state index in [-0.39, 0.29) is 5.92 Å². The molecule has 21 heavy (non-hydrogen) atoms. The summed E-state index contributed by atoms with van der Waals surface area (Å²) in [5.41, 5.74) is 0.959. The van der Waals surface area contributed by atoms with E-state index >= 15 is 0 Å². The van der Waals surface area contributed by atoms with E-state index in [9.17, 15) is 5.26 Å². The van der Waals surface area contributed by atoms with Crippen molar-refractivity contribution in [3.63, 3.8) is 0 Å². The van der Waals surface area contributed by atoms with Crippen molar-refractivity contribution in [2.75, 3.05) is 13.7 Å². The van der Waals surface area contributed by atoms with Crippen LogP contribution in [-0.2, 0) is 0 Å². The Hall–Kier alpha value is -2.18. The summed E-state index contributed by atoms with van der Waals surface area (Å²) in [5, 5.41) is 9.93. The van der Waals surface area contributed by atoms with Gasteiger partial charge in [0.25, 0.3) is 0 Å². The van der Waals surface area contributed by atoms with E-state index in [2.05, 4.69) is 6.07 Å². The Morgan fingerprint density at radius 1 is 1.05 bits per heavy atom. The minimum atomic E-state index is -0.194. The lowest BCUT2D eigenvalue weighted by atomic mass is 9.98. The van der Waals surface area contributed by atoms with Crippen molar-refractivity contribution >= 4 is 11.6 Å². The van der Waals surface area contributed by atoms with Crippen LogP contribution in [0.1, 0.15) is 17.9 Å². The first-order valence-electron chi connectivity index (χ1n) is 6.65. The molecule has 0 N–H and O–H groups in total. The van der Waals surface area contributed by atoms with E-state index in [0.717, 1.165) is 17.1 Å². The highest BCUT2D eigenvalue weighted by atomic mass is 35.5. The van der Waals surface area contributed by atoms with E-state index < -0.39 is 0 Å². The number of rotatable bonds is 6. The van der Waals surface area contributed by atoms with Gasteiger partial charge in [0.1, 0.15) is 11.5 Å². The normalized spacial score (nSPS) is 11.5. The fourth-order valence-corrected chi connectivity index (χ4v) is 2.09. The van der Waals surface area contributed by atoms with Gasteiger partial charge in [0, 0.05) is 11.4 Å². The smallest absolute Gasteiger partial charge is 0.119 e. The van der Waals surface area contributed by atoms with Crippen LogP contribution in [0.15, 0.2) is 48.5 Å². The molecule has 1 unspecified atom stereocenters. The maximum Gasteiger partial charge on any atom is 0.119 e. The van der Waals surface area contributed by atoms with Gasteiger partial charge in [0.15, 0.2) is 0 Å². The Bertz CT molecular complexity index is 602. The van der Waals surface area contributed by atoms with E-state index in [1.54, 1.807) is 19.2 Å². The molecule has 2 aromatic rings. The number of nitrogens with zero attached hydrogens (tertiary/aromatic N) is 1. The van der Waals surface area contributed by atoms with Crippen molar-refractivity contribution in [3.05, 3.63) is 59.1 Å². The van der Waals surface area contributed by atoms with Gasteiger partial charge in [-0.05, 0) is 42.0 Å². The lowest BCUT2D eigenvalue weighted by molar-refractivity contribution is 0.305. The summed E-state index contributed by atoms with van der Waals surface area (Å²) in [6.45, 7) is 0.479. The molecule has 0 bridgehead atoms. The number of hydrogen-bond donors (Lipinski definition) is 0. The van der Waals surface area contributed by atoms with Crippen LogP contribution in [0, 0.1) is 11.3 Å². The largest absolute Gasteiger partial charge is 0.497 e. The van der Waals surface area contributed by atoms with Crippen molar-refractivity contribution in [2.45, 2.75) is 12.3 Å². The standard InChI is InChI=1S/C17H16ClNO2/c1-20-16-6-8-17(9-7-16)21-11-10-14(12-19)13-2-4-15(18)5-3-13/h2-9,14H,10-11H2,1H3. The third kappa shape index (κ3) is 4.40. The Balaban J connectivity index is 1.88. The number of ether oxygens (including phenoxy) is 2. The monoisotopic (exact) mass is 301 g/mol. The maximum atomic E-state index is 9.26. The highest BCUT2D eigenvalue weighted by Crippen LogP contribution is 2.22. The summed E-state index contributed by atoms with van der Waals surface area (Å²) in [6.07, 6.45) is 0.629. The molecule has 0 saturated carbocycles. The van der Waals surface area contributed by atoms with Crippen LogP contribution >= 0.6 is 11.6 Å². The molecule has 4 heteroatoms. The Morgan fingerprint density at radius 2 is 1.67 bits per heavy atom. The predicted octanol–water partition coefficient (Wildman–Crippen LogP) is 4.42. The van der Waals surface area contributed by atoms with E-state index in [1.165, 1.54) is 0 Å². The highest BCUT2D eigenvalue weighted by molar-refractivity contribution is 6.30. The zero-order valence-electron chi connectivity index (χ0n) is 11.8. The molecule has 0 fully saturated rings. The molecule has 0 aromatic heterocycles. The molecule has 0 radical (unpaired) electrons. The molecule has 2 rings (SSSR count). The van der Waals surface area contributed by atoms with E-state index in [0.29, 0.717) is 18.1 Å². The molecule has 0 spiro atoms. The Kier molecular flexibility index (Phi) is 5.48. The fourth-order valence-electron chi connectivity index (χ4n) is 1.97. The minimum absolute atomic E-state index is 0.194. The molecule has 0 saturated heterocycles. The molecular formula is C17H16ClNO2. The van der Waals surface area contributed by atoms with Gasteiger partial charge in [-0.1, -0.05) is 23.7 Å². The SMILES string of the molecule is COc1ccc(OCCC(C#N)c2ccc(Cl)cc2)cc1. The van der Waals surface area contributed by atoms with Crippen LogP contribution in [0.2, 0.25) is 5.02 Å². The molecule has 0 aliphatic heterocycles. The molecular weight excluding hydrogens is 286 g/mol. The van der Waals surface area contributed by atoms with Crippen molar-refractivity contribution in [2.24, 2.45) is 0 Å². The minimum Gasteiger partial charge on any atom is -0.497 e. The lowest BCUT2D eigenvalue weighted by Gasteiger charge is -2.11. The summed E-state index contributed by atoms with van der Waals surface area (Å²) in [5.74, 6) is 1.36. The van der Waals surface area contributed by atoms with Crippen LogP contribution in [-0.4, -0.2) is 13.7 Å².